The molecule has 3 aromatic rings. The highest BCUT2D eigenvalue weighted by atomic mass is 79.9. The Hall–Kier alpha value is -3.91. The molecule has 8 heteroatoms. The van der Waals surface area contributed by atoms with Crippen LogP contribution in [0.4, 0.5) is 5.69 Å². The smallest absolute Gasteiger partial charge is 0.240 e. The van der Waals surface area contributed by atoms with Crippen molar-refractivity contribution in [1.82, 2.24) is 4.90 Å². The molecule has 3 aromatic carbocycles. The van der Waals surface area contributed by atoms with Gasteiger partial charge in [-0.1, -0.05) is 40.2 Å². The number of benzene rings is 3. The third kappa shape index (κ3) is 3.50. The molecule has 4 atom stereocenters. The van der Waals surface area contributed by atoms with Gasteiger partial charge in [0.05, 0.1) is 37.8 Å². The number of imide groups is 1. The lowest BCUT2D eigenvalue weighted by atomic mass is 9.83. The van der Waals surface area contributed by atoms with Crippen LogP contribution >= 0.6 is 15.9 Å². The molecule has 7 nitrogen and oxygen atoms in total. The molecule has 2 fully saturated rings. The number of ketones is 1. The molecule has 186 valence electrons. The van der Waals surface area contributed by atoms with Crippen LogP contribution in [-0.4, -0.2) is 42.8 Å². The molecule has 3 aliphatic rings. The van der Waals surface area contributed by atoms with Crippen molar-refractivity contribution in [3.05, 3.63) is 94.1 Å². The number of halogens is 1. The lowest BCUT2D eigenvalue weighted by Crippen LogP contribution is -2.44. The zero-order chi connectivity index (χ0) is 25.8. The molecule has 0 N–H and O–H groups in total. The molecule has 0 unspecified atom stereocenters. The lowest BCUT2D eigenvalue weighted by molar-refractivity contribution is -0.123. The second-order valence-corrected chi connectivity index (χ2v) is 10.2. The van der Waals surface area contributed by atoms with Crippen LogP contribution in [0.1, 0.15) is 27.5 Å². The largest absolute Gasteiger partial charge is 0.493 e. The number of amides is 2. The van der Waals surface area contributed by atoms with Crippen LogP contribution in [-0.2, 0) is 9.59 Å². The maximum Gasteiger partial charge on any atom is 0.240 e. The SMILES string of the molecule is COc1ccc(C(=O)[C@@H]2[C@H]3C(=O)N(c4ccc(Br)cc4)C(=O)[C@@H]3[C@H]3c4ccccc4C=CN23)cc1OC. The summed E-state index contributed by atoms with van der Waals surface area (Å²) >= 11 is 3.41. The van der Waals surface area contributed by atoms with Crippen LogP contribution in [0.2, 0.25) is 0 Å². The number of hydrogen-bond acceptors (Lipinski definition) is 6. The number of rotatable bonds is 5. The predicted octanol–water partition coefficient (Wildman–Crippen LogP) is 4.86. The van der Waals surface area contributed by atoms with E-state index in [0.717, 1.165) is 15.6 Å². The number of anilines is 1. The number of methoxy groups -OCH3 is 2. The summed E-state index contributed by atoms with van der Waals surface area (Å²) in [5.41, 5.74) is 2.79. The van der Waals surface area contributed by atoms with E-state index in [4.69, 9.17) is 9.47 Å². The summed E-state index contributed by atoms with van der Waals surface area (Å²) < 4.78 is 11.6. The van der Waals surface area contributed by atoms with Crippen molar-refractivity contribution in [3.63, 3.8) is 0 Å². The first-order valence-electron chi connectivity index (χ1n) is 11.9. The van der Waals surface area contributed by atoms with E-state index in [2.05, 4.69) is 15.9 Å². The van der Waals surface area contributed by atoms with Gasteiger partial charge in [-0.2, -0.15) is 0 Å². The Morgan fingerprint density at radius 2 is 1.57 bits per heavy atom. The Kier molecular flexibility index (Phi) is 5.64. The third-order valence-corrected chi connectivity index (χ3v) is 8.01. The number of fused-ring (bicyclic) bond motifs is 5. The van der Waals surface area contributed by atoms with Crippen LogP contribution in [0, 0.1) is 11.8 Å². The minimum atomic E-state index is -0.852. The molecular weight excluding hydrogens is 536 g/mol. The van der Waals surface area contributed by atoms with Gasteiger partial charge in [-0.15, -0.1) is 0 Å². The van der Waals surface area contributed by atoms with Gasteiger partial charge in [0.2, 0.25) is 11.8 Å². The van der Waals surface area contributed by atoms with Crippen molar-refractivity contribution in [2.45, 2.75) is 12.1 Å². The number of Topliss-reactive ketones (excluding diaryl/α,β-unsaturated/α-hetero) is 1. The number of nitrogens with zero attached hydrogens (tertiary/aromatic N) is 2. The molecule has 3 heterocycles. The molecule has 0 aromatic heterocycles. The summed E-state index contributed by atoms with van der Waals surface area (Å²) in [7, 11) is 3.04. The second kappa shape index (κ2) is 8.88. The first-order valence-corrected chi connectivity index (χ1v) is 12.7. The average molecular weight is 559 g/mol. The maximum atomic E-state index is 14.1. The van der Waals surface area contributed by atoms with E-state index in [0.29, 0.717) is 22.7 Å². The van der Waals surface area contributed by atoms with Gasteiger partial charge in [0.1, 0.15) is 6.04 Å². The normalized spacial score (nSPS) is 23.5. The zero-order valence-electron chi connectivity index (χ0n) is 20.1. The highest BCUT2D eigenvalue weighted by Gasteiger charge is 2.64. The van der Waals surface area contributed by atoms with Crippen molar-refractivity contribution in [3.8, 4) is 11.5 Å². The Morgan fingerprint density at radius 1 is 0.865 bits per heavy atom. The predicted molar refractivity (Wildman–Crippen MR) is 141 cm³/mol. The molecule has 0 radical (unpaired) electrons. The maximum absolute atomic E-state index is 14.1. The standard InChI is InChI=1S/C29H23BrN2O5/c1-36-21-12-7-17(15-22(21)37-2)27(33)26-24-23(25-20-6-4-3-5-16(20)13-14-31(25)26)28(34)32(29(24)35)19-10-8-18(30)9-11-19/h3-15,23-26H,1-2H3/t23-,24-,25+,26-/m0/s1. The van der Waals surface area contributed by atoms with Crippen LogP contribution < -0.4 is 14.4 Å². The highest BCUT2D eigenvalue weighted by Crippen LogP contribution is 2.53. The molecular formula is C29H23BrN2O5. The van der Waals surface area contributed by atoms with Crippen LogP contribution in [0.15, 0.2) is 77.4 Å². The van der Waals surface area contributed by atoms with E-state index in [1.807, 2.05) is 41.4 Å². The van der Waals surface area contributed by atoms with Crippen molar-refractivity contribution in [1.29, 1.82) is 0 Å². The molecule has 37 heavy (non-hydrogen) atoms. The van der Waals surface area contributed by atoms with E-state index < -0.39 is 23.9 Å². The van der Waals surface area contributed by atoms with Crippen molar-refractivity contribution in [2.75, 3.05) is 19.1 Å². The van der Waals surface area contributed by atoms with Gasteiger partial charge in [0.25, 0.3) is 0 Å². The van der Waals surface area contributed by atoms with Gasteiger partial charge < -0.3 is 14.4 Å². The first kappa shape index (κ1) is 23.5. The van der Waals surface area contributed by atoms with Gasteiger partial charge in [-0.3, -0.25) is 14.4 Å². The van der Waals surface area contributed by atoms with E-state index in [9.17, 15) is 14.4 Å². The number of ether oxygens (including phenoxy) is 2. The molecule has 0 spiro atoms. The molecule has 3 aliphatic heterocycles. The molecule has 0 bridgehead atoms. The molecule has 0 aliphatic carbocycles. The van der Waals surface area contributed by atoms with Gasteiger partial charge in [-0.25, -0.2) is 4.90 Å². The van der Waals surface area contributed by atoms with Gasteiger partial charge in [0, 0.05) is 16.2 Å². The Labute approximate surface area is 222 Å². The Balaban J connectivity index is 1.48. The highest BCUT2D eigenvalue weighted by molar-refractivity contribution is 9.10. The summed E-state index contributed by atoms with van der Waals surface area (Å²) in [6, 6.07) is 18.5. The number of hydrogen-bond donors (Lipinski definition) is 0. The van der Waals surface area contributed by atoms with Crippen molar-refractivity contribution in [2.24, 2.45) is 11.8 Å². The Bertz CT molecular complexity index is 1470. The number of carbonyl (C=O) groups excluding carboxylic acids is 3. The summed E-state index contributed by atoms with van der Waals surface area (Å²) in [4.78, 5) is 45.1. The van der Waals surface area contributed by atoms with Crippen LogP contribution in [0.5, 0.6) is 11.5 Å². The van der Waals surface area contributed by atoms with Crippen LogP contribution in [0.3, 0.4) is 0 Å². The molecule has 0 saturated carbocycles. The fraction of sp³-hybridized carbons (Fsp3) is 0.207. The Morgan fingerprint density at radius 3 is 2.30 bits per heavy atom. The average Bonchev–Trinajstić information content (AvgIpc) is 3.40. The minimum Gasteiger partial charge on any atom is -0.493 e. The molecule has 6 rings (SSSR count). The third-order valence-electron chi connectivity index (χ3n) is 7.48. The summed E-state index contributed by atoms with van der Waals surface area (Å²) in [5.74, 6) is -1.52. The molecule has 2 amide bonds. The van der Waals surface area contributed by atoms with Crippen molar-refractivity contribution >= 4 is 45.3 Å². The monoisotopic (exact) mass is 558 g/mol. The number of carbonyl (C=O) groups is 3. The van der Waals surface area contributed by atoms with Gasteiger partial charge in [0.15, 0.2) is 17.3 Å². The summed E-state index contributed by atoms with van der Waals surface area (Å²) in [6.07, 6.45) is 3.78. The van der Waals surface area contributed by atoms with E-state index in [-0.39, 0.29) is 17.6 Å². The van der Waals surface area contributed by atoms with Gasteiger partial charge in [-0.05, 0) is 59.7 Å². The minimum absolute atomic E-state index is 0.249. The summed E-state index contributed by atoms with van der Waals surface area (Å²) in [5, 5.41) is 0. The zero-order valence-corrected chi connectivity index (χ0v) is 21.7. The van der Waals surface area contributed by atoms with Crippen LogP contribution in [0.25, 0.3) is 6.08 Å². The summed E-state index contributed by atoms with van der Waals surface area (Å²) in [6.45, 7) is 0. The van der Waals surface area contributed by atoms with Gasteiger partial charge >= 0.3 is 0 Å². The van der Waals surface area contributed by atoms with E-state index >= 15 is 0 Å². The first-order chi connectivity index (χ1) is 17.9. The van der Waals surface area contributed by atoms with Crippen molar-refractivity contribution < 1.29 is 23.9 Å². The fourth-order valence-electron chi connectivity index (χ4n) is 5.86. The fourth-order valence-corrected chi connectivity index (χ4v) is 6.13. The quantitative estimate of drug-likeness (QED) is 0.328. The van der Waals surface area contributed by atoms with E-state index in [1.165, 1.54) is 19.1 Å². The lowest BCUT2D eigenvalue weighted by Gasteiger charge is -2.35. The topological polar surface area (TPSA) is 76.2 Å². The second-order valence-electron chi connectivity index (χ2n) is 9.26. The van der Waals surface area contributed by atoms with E-state index in [1.54, 1.807) is 42.5 Å². The molecule has 2 saturated heterocycles.